The summed E-state index contributed by atoms with van der Waals surface area (Å²) < 4.78 is 15.9. The Kier molecular flexibility index (Phi) is 7.28. The van der Waals surface area contributed by atoms with Crippen LogP contribution < -0.4 is 20.1 Å². The molecule has 1 heterocycles. The number of nitrogens with one attached hydrogen (secondary N) is 2. The SMILES string of the molecule is COc1ccc(NC(=O)CC2CNCCO2)c(OC)c1.Cl. The summed E-state index contributed by atoms with van der Waals surface area (Å²) in [6.07, 6.45) is 0.246. The van der Waals surface area contributed by atoms with Crippen molar-refractivity contribution >= 4 is 24.0 Å². The second-order valence-corrected chi connectivity index (χ2v) is 4.52. The second kappa shape index (κ2) is 8.71. The third-order valence-electron chi connectivity index (χ3n) is 3.10. The number of morpholine rings is 1. The second-order valence-electron chi connectivity index (χ2n) is 4.52. The molecule has 0 saturated carbocycles. The van der Waals surface area contributed by atoms with E-state index in [0.29, 0.717) is 36.8 Å². The molecule has 1 aromatic rings. The minimum absolute atomic E-state index is 0. The molecule has 1 unspecified atom stereocenters. The summed E-state index contributed by atoms with van der Waals surface area (Å²) in [4.78, 5) is 12.0. The lowest BCUT2D eigenvalue weighted by Gasteiger charge is -2.23. The van der Waals surface area contributed by atoms with Crippen LogP contribution in [0.1, 0.15) is 6.42 Å². The van der Waals surface area contributed by atoms with E-state index in [-0.39, 0.29) is 24.4 Å². The smallest absolute Gasteiger partial charge is 0.227 e. The van der Waals surface area contributed by atoms with Gasteiger partial charge >= 0.3 is 0 Å². The highest BCUT2D eigenvalue weighted by molar-refractivity contribution is 5.92. The number of carbonyl (C=O) groups is 1. The van der Waals surface area contributed by atoms with Crippen molar-refractivity contribution in [3.05, 3.63) is 18.2 Å². The number of ether oxygens (including phenoxy) is 3. The first-order valence-electron chi connectivity index (χ1n) is 6.57. The highest BCUT2D eigenvalue weighted by Crippen LogP contribution is 2.29. The zero-order chi connectivity index (χ0) is 14.4. The summed E-state index contributed by atoms with van der Waals surface area (Å²) in [7, 11) is 3.14. The lowest BCUT2D eigenvalue weighted by Crippen LogP contribution is -2.40. The zero-order valence-corrected chi connectivity index (χ0v) is 13.0. The van der Waals surface area contributed by atoms with Crippen molar-refractivity contribution in [3.63, 3.8) is 0 Å². The molecule has 1 fully saturated rings. The Labute approximate surface area is 130 Å². The van der Waals surface area contributed by atoms with Gasteiger partial charge in [0.2, 0.25) is 5.91 Å². The molecule has 2 rings (SSSR count). The van der Waals surface area contributed by atoms with Gasteiger partial charge in [0.25, 0.3) is 0 Å². The molecule has 21 heavy (non-hydrogen) atoms. The molecule has 0 bridgehead atoms. The third kappa shape index (κ3) is 5.08. The minimum Gasteiger partial charge on any atom is -0.497 e. The Morgan fingerprint density at radius 3 is 2.86 bits per heavy atom. The fourth-order valence-electron chi connectivity index (χ4n) is 2.06. The summed E-state index contributed by atoms with van der Waals surface area (Å²) in [6, 6.07) is 5.26. The first kappa shape index (κ1) is 17.6. The number of hydrogen-bond donors (Lipinski definition) is 2. The van der Waals surface area contributed by atoms with E-state index in [4.69, 9.17) is 14.2 Å². The third-order valence-corrected chi connectivity index (χ3v) is 3.10. The summed E-state index contributed by atoms with van der Waals surface area (Å²) in [6.45, 7) is 2.18. The van der Waals surface area contributed by atoms with Crippen LogP contribution in [0.25, 0.3) is 0 Å². The Hall–Kier alpha value is -1.50. The van der Waals surface area contributed by atoms with E-state index in [9.17, 15) is 4.79 Å². The zero-order valence-electron chi connectivity index (χ0n) is 12.2. The average molecular weight is 317 g/mol. The Morgan fingerprint density at radius 1 is 1.43 bits per heavy atom. The Bertz CT molecular complexity index is 464. The maximum atomic E-state index is 12.0. The van der Waals surface area contributed by atoms with E-state index in [1.165, 1.54) is 0 Å². The topological polar surface area (TPSA) is 68.8 Å². The molecule has 7 heteroatoms. The molecule has 1 aliphatic heterocycles. The Morgan fingerprint density at radius 2 is 2.24 bits per heavy atom. The van der Waals surface area contributed by atoms with Gasteiger partial charge in [0.1, 0.15) is 11.5 Å². The maximum Gasteiger partial charge on any atom is 0.227 e. The van der Waals surface area contributed by atoms with Crippen molar-refractivity contribution in [1.82, 2.24) is 5.32 Å². The van der Waals surface area contributed by atoms with Gasteiger partial charge in [-0.05, 0) is 12.1 Å². The predicted molar refractivity (Wildman–Crippen MR) is 82.7 cm³/mol. The predicted octanol–water partition coefficient (Wildman–Crippen LogP) is 1.44. The molecule has 0 aromatic heterocycles. The summed E-state index contributed by atoms with van der Waals surface area (Å²) in [5, 5.41) is 6.03. The number of halogens is 1. The number of methoxy groups -OCH3 is 2. The van der Waals surface area contributed by atoms with Crippen molar-refractivity contribution in [2.75, 3.05) is 39.2 Å². The van der Waals surface area contributed by atoms with Gasteiger partial charge in [-0.25, -0.2) is 0 Å². The van der Waals surface area contributed by atoms with Crippen molar-refractivity contribution in [1.29, 1.82) is 0 Å². The number of benzene rings is 1. The van der Waals surface area contributed by atoms with Gasteiger partial charge in [-0.15, -0.1) is 12.4 Å². The molecule has 0 radical (unpaired) electrons. The monoisotopic (exact) mass is 316 g/mol. The molecule has 1 amide bonds. The number of rotatable bonds is 5. The van der Waals surface area contributed by atoms with Crippen molar-refractivity contribution in [2.24, 2.45) is 0 Å². The molecule has 1 saturated heterocycles. The van der Waals surface area contributed by atoms with E-state index in [1.54, 1.807) is 32.4 Å². The largest absolute Gasteiger partial charge is 0.497 e. The minimum atomic E-state index is -0.0952. The molecule has 2 N–H and O–H groups in total. The molecular formula is C14H21ClN2O4. The molecule has 1 aliphatic rings. The van der Waals surface area contributed by atoms with E-state index < -0.39 is 0 Å². The highest BCUT2D eigenvalue weighted by Gasteiger charge is 2.18. The lowest BCUT2D eigenvalue weighted by molar-refractivity contribution is -0.119. The number of amides is 1. The van der Waals surface area contributed by atoms with E-state index in [2.05, 4.69) is 10.6 Å². The van der Waals surface area contributed by atoms with E-state index >= 15 is 0 Å². The molecular weight excluding hydrogens is 296 g/mol. The molecule has 1 atom stereocenters. The maximum absolute atomic E-state index is 12.0. The fourth-order valence-corrected chi connectivity index (χ4v) is 2.06. The van der Waals surface area contributed by atoms with Gasteiger partial charge in [-0.1, -0.05) is 0 Å². The van der Waals surface area contributed by atoms with E-state index in [0.717, 1.165) is 6.54 Å². The van der Waals surface area contributed by atoms with Crippen LogP contribution in [-0.2, 0) is 9.53 Å². The first-order valence-corrected chi connectivity index (χ1v) is 6.57. The summed E-state index contributed by atoms with van der Waals surface area (Å²) in [5.74, 6) is 1.15. The van der Waals surface area contributed by atoms with Crippen molar-refractivity contribution < 1.29 is 19.0 Å². The van der Waals surface area contributed by atoms with Gasteiger partial charge in [0.05, 0.1) is 39.0 Å². The van der Waals surface area contributed by atoms with Crippen LogP contribution in [0.4, 0.5) is 5.69 Å². The van der Waals surface area contributed by atoms with Crippen LogP contribution in [-0.4, -0.2) is 45.9 Å². The van der Waals surface area contributed by atoms with Gasteiger partial charge in [-0.3, -0.25) is 4.79 Å². The Balaban J connectivity index is 0.00000220. The number of hydrogen-bond acceptors (Lipinski definition) is 5. The van der Waals surface area contributed by atoms with Crippen LogP contribution in [0.2, 0.25) is 0 Å². The molecule has 0 spiro atoms. The fraction of sp³-hybridized carbons (Fsp3) is 0.500. The van der Waals surface area contributed by atoms with Gasteiger partial charge < -0.3 is 24.8 Å². The average Bonchev–Trinajstić information content (AvgIpc) is 2.48. The first-order chi connectivity index (χ1) is 9.72. The van der Waals surface area contributed by atoms with Gasteiger partial charge in [0.15, 0.2) is 0 Å². The van der Waals surface area contributed by atoms with Gasteiger partial charge in [-0.2, -0.15) is 0 Å². The van der Waals surface area contributed by atoms with E-state index in [1.807, 2.05) is 0 Å². The van der Waals surface area contributed by atoms with Crippen molar-refractivity contribution in [3.8, 4) is 11.5 Å². The standard InChI is InChI=1S/C14H20N2O4.ClH/c1-18-10-3-4-12(13(7-10)19-2)16-14(17)8-11-9-15-5-6-20-11;/h3-4,7,11,15H,5-6,8-9H2,1-2H3,(H,16,17);1H. The number of carbonyl (C=O) groups excluding carboxylic acids is 1. The summed E-state index contributed by atoms with van der Waals surface area (Å²) >= 11 is 0. The van der Waals surface area contributed by atoms with Crippen LogP contribution in [0.5, 0.6) is 11.5 Å². The molecule has 0 aliphatic carbocycles. The summed E-state index contributed by atoms with van der Waals surface area (Å²) in [5.41, 5.74) is 0.627. The molecule has 6 nitrogen and oxygen atoms in total. The van der Waals surface area contributed by atoms with Crippen molar-refractivity contribution in [2.45, 2.75) is 12.5 Å². The highest BCUT2D eigenvalue weighted by atomic mass is 35.5. The normalized spacial score (nSPS) is 17.5. The molecule has 118 valence electrons. The quantitative estimate of drug-likeness (QED) is 0.860. The lowest BCUT2D eigenvalue weighted by atomic mass is 10.2. The van der Waals surface area contributed by atoms with Crippen LogP contribution in [0, 0.1) is 0 Å². The van der Waals surface area contributed by atoms with Crippen LogP contribution >= 0.6 is 12.4 Å². The van der Waals surface area contributed by atoms with Crippen LogP contribution in [0.15, 0.2) is 18.2 Å². The van der Waals surface area contributed by atoms with Crippen LogP contribution in [0.3, 0.4) is 0 Å². The number of anilines is 1. The van der Waals surface area contributed by atoms with Gasteiger partial charge in [0, 0.05) is 19.2 Å². The molecule has 1 aromatic carbocycles.